The highest BCUT2D eigenvalue weighted by atomic mass is 32.1. The van der Waals surface area contributed by atoms with Gasteiger partial charge in [-0.2, -0.15) is 0 Å². The molecule has 1 aromatic carbocycles. The fourth-order valence-corrected chi connectivity index (χ4v) is 4.26. The molecule has 0 bridgehead atoms. The van der Waals surface area contributed by atoms with Crippen LogP contribution in [0.2, 0.25) is 0 Å². The van der Waals surface area contributed by atoms with Gasteiger partial charge in [0.05, 0.1) is 0 Å². The maximum absolute atomic E-state index is 5.90. The summed E-state index contributed by atoms with van der Waals surface area (Å²) in [6.07, 6.45) is 17.2. The molecule has 3 nitrogen and oxygen atoms in total. The van der Waals surface area contributed by atoms with E-state index in [0.29, 0.717) is 6.04 Å². The first-order chi connectivity index (χ1) is 12.9. The maximum atomic E-state index is 5.90. The molecule has 0 unspecified atom stereocenters. The van der Waals surface area contributed by atoms with E-state index in [2.05, 4.69) is 64.9 Å². The molecule has 1 aromatic heterocycles. The second-order valence-electron chi connectivity index (χ2n) is 6.78. The molecule has 0 amide bonds. The van der Waals surface area contributed by atoms with Crippen LogP contribution in [-0.4, -0.2) is 24.2 Å². The molecule has 1 aliphatic carbocycles. The number of allylic oxidation sites excluding steroid dienone is 6. The standard InChI is InChI=1S/C22H24N2OS/c1-2-4-7-17(6-3-1)14-21-15-24-22(26-21)18-9-11-20(12-10-18)25-16-19-8-5-13-23-19/h1-4,6,9-12,15,19,23H,5,7-8,13-14,16H2/t19-/m1/s1. The Kier molecular flexibility index (Phi) is 5.62. The number of nitrogens with zero attached hydrogens (tertiary/aromatic N) is 1. The number of ether oxygens (including phenoxy) is 1. The van der Waals surface area contributed by atoms with Crippen molar-refractivity contribution < 1.29 is 4.74 Å². The topological polar surface area (TPSA) is 34.1 Å². The van der Waals surface area contributed by atoms with Crippen molar-refractivity contribution in [2.75, 3.05) is 13.2 Å². The quantitative estimate of drug-likeness (QED) is 0.789. The molecule has 2 aromatic rings. The molecule has 0 radical (unpaired) electrons. The molecule has 4 heteroatoms. The highest BCUT2D eigenvalue weighted by Crippen LogP contribution is 2.29. The number of nitrogens with one attached hydrogen (secondary N) is 1. The Hall–Kier alpha value is -2.17. The third kappa shape index (κ3) is 4.51. The number of hydrogen-bond acceptors (Lipinski definition) is 4. The maximum Gasteiger partial charge on any atom is 0.123 e. The van der Waals surface area contributed by atoms with E-state index >= 15 is 0 Å². The Bertz CT molecular complexity index is 811. The minimum atomic E-state index is 0.499. The minimum Gasteiger partial charge on any atom is -0.492 e. The molecule has 1 saturated heterocycles. The van der Waals surface area contributed by atoms with Gasteiger partial charge < -0.3 is 10.1 Å². The van der Waals surface area contributed by atoms with Crippen LogP contribution in [0.3, 0.4) is 0 Å². The Balaban J connectivity index is 1.36. The van der Waals surface area contributed by atoms with Gasteiger partial charge in [0.2, 0.25) is 0 Å². The molecular formula is C22H24N2OS. The Labute approximate surface area is 159 Å². The molecule has 134 valence electrons. The van der Waals surface area contributed by atoms with Crippen LogP contribution in [0.15, 0.2) is 66.4 Å². The molecule has 1 N–H and O–H groups in total. The lowest BCUT2D eigenvalue weighted by Crippen LogP contribution is -2.28. The lowest BCUT2D eigenvalue weighted by Gasteiger charge is -2.12. The van der Waals surface area contributed by atoms with E-state index in [1.807, 2.05) is 6.20 Å². The summed E-state index contributed by atoms with van der Waals surface area (Å²) in [5.74, 6) is 0.932. The van der Waals surface area contributed by atoms with Gasteiger partial charge in [0.25, 0.3) is 0 Å². The summed E-state index contributed by atoms with van der Waals surface area (Å²) in [5.41, 5.74) is 2.58. The van der Waals surface area contributed by atoms with Crippen LogP contribution >= 0.6 is 11.3 Å². The lowest BCUT2D eigenvalue weighted by atomic mass is 10.1. The molecular weight excluding hydrogens is 340 g/mol. The summed E-state index contributed by atoms with van der Waals surface area (Å²) in [6, 6.07) is 8.82. The highest BCUT2D eigenvalue weighted by Gasteiger charge is 2.14. The number of aromatic nitrogens is 1. The predicted octanol–water partition coefficient (Wildman–Crippen LogP) is 4.93. The van der Waals surface area contributed by atoms with Gasteiger partial charge in [-0.05, 0) is 50.1 Å². The molecule has 26 heavy (non-hydrogen) atoms. The third-order valence-electron chi connectivity index (χ3n) is 4.74. The first kappa shape index (κ1) is 17.3. The summed E-state index contributed by atoms with van der Waals surface area (Å²) in [7, 11) is 0. The first-order valence-corrected chi connectivity index (χ1v) is 10.1. The van der Waals surface area contributed by atoms with Gasteiger partial charge >= 0.3 is 0 Å². The van der Waals surface area contributed by atoms with Gasteiger partial charge in [-0.3, -0.25) is 0 Å². The zero-order valence-electron chi connectivity index (χ0n) is 14.9. The Morgan fingerprint density at radius 3 is 2.92 bits per heavy atom. The summed E-state index contributed by atoms with van der Waals surface area (Å²) >= 11 is 1.78. The van der Waals surface area contributed by atoms with Crippen molar-refractivity contribution in [3.63, 3.8) is 0 Å². The zero-order chi connectivity index (χ0) is 17.6. The van der Waals surface area contributed by atoms with Crippen molar-refractivity contribution in [1.29, 1.82) is 0 Å². The van der Waals surface area contributed by atoms with Gasteiger partial charge in [0, 0.05) is 29.1 Å². The van der Waals surface area contributed by atoms with E-state index in [1.54, 1.807) is 11.3 Å². The highest BCUT2D eigenvalue weighted by molar-refractivity contribution is 7.15. The number of rotatable bonds is 6. The summed E-state index contributed by atoms with van der Waals surface area (Å²) in [4.78, 5) is 5.93. The van der Waals surface area contributed by atoms with E-state index in [4.69, 9.17) is 4.74 Å². The largest absolute Gasteiger partial charge is 0.492 e. The third-order valence-corrected chi connectivity index (χ3v) is 5.79. The van der Waals surface area contributed by atoms with Crippen molar-refractivity contribution in [2.45, 2.75) is 31.7 Å². The molecule has 2 heterocycles. The van der Waals surface area contributed by atoms with Gasteiger partial charge in [0.15, 0.2) is 0 Å². The SMILES string of the molecule is C1=CC=C(Cc2cnc(-c3ccc(OC[C@H]4CCCN4)cc3)s2)CC=C1. The molecule has 1 fully saturated rings. The van der Waals surface area contributed by atoms with E-state index in [-0.39, 0.29) is 0 Å². The monoisotopic (exact) mass is 364 g/mol. The average molecular weight is 365 g/mol. The van der Waals surface area contributed by atoms with E-state index < -0.39 is 0 Å². The summed E-state index contributed by atoms with van der Waals surface area (Å²) in [5, 5.41) is 4.53. The Morgan fingerprint density at radius 1 is 1.15 bits per heavy atom. The predicted molar refractivity (Wildman–Crippen MR) is 109 cm³/mol. The van der Waals surface area contributed by atoms with Gasteiger partial charge in [-0.1, -0.05) is 36.0 Å². The van der Waals surface area contributed by atoms with E-state index in [9.17, 15) is 0 Å². The fourth-order valence-electron chi connectivity index (χ4n) is 3.29. The molecule has 1 aliphatic heterocycles. The van der Waals surface area contributed by atoms with Crippen LogP contribution in [0.5, 0.6) is 5.75 Å². The molecule has 2 aliphatic rings. The summed E-state index contributed by atoms with van der Waals surface area (Å²) < 4.78 is 5.90. The minimum absolute atomic E-state index is 0.499. The smallest absolute Gasteiger partial charge is 0.123 e. The number of hydrogen-bond donors (Lipinski definition) is 1. The number of benzene rings is 1. The molecule has 0 saturated carbocycles. The van der Waals surface area contributed by atoms with Crippen LogP contribution in [-0.2, 0) is 6.42 Å². The van der Waals surface area contributed by atoms with Crippen LogP contribution in [0.25, 0.3) is 10.6 Å². The van der Waals surface area contributed by atoms with Gasteiger partial charge in [-0.15, -0.1) is 11.3 Å². The second kappa shape index (κ2) is 8.47. The van der Waals surface area contributed by atoms with Crippen LogP contribution in [0.4, 0.5) is 0 Å². The normalized spacial score (nSPS) is 19.4. The van der Waals surface area contributed by atoms with Crippen molar-refractivity contribution in [2.24, 2.45) is 0 Å². The van der Waals surface area contributed by atoms with Crippen LogP contribution < -0.4 is 10.1 Å². The fraction of sp³-hybridized carbons (Fsp3) is 0.318. The van der Waals surface area contributed by atoms with Gasteiger partial charge in [-0.25, -0.2) is 4.98 Å². The van der Waals surface area contributed by atoms with E-state index in [0.717, 1.165) is 42.3 Å². The molecule has 0 spiro atoms. The van der Waals surface area contributed by atoms with Crippen molar-refractivity contribution >= 4 is 11.3 Å². The zero-order valence-corrected chi connectivity index (χ0v) is 15.7. The van der Waals surface area contributed by atoms with E-state index in [1.165, 1.54) is 23.3 Å². The molecule has 4 rings (SSSR count). The van der Waals surface area contributed by atoms with Crippen molar-refractivity contribution in [1.82, 2.24) is 10.3 Å². The lowest BCUT2D eigenvalue weighted by molar-refractivity contribution is 0.277. The summed E-state index contributed by atoms with van der Waals surface area (Å²) in [6.45, 7) is 1.86. The molecule has 1 atom stereocenters. The van der Waals surface area contributed by atoms with Gasteiger partial charge in [0.1, 0.15) is 17.4 Å². The van der Waals surface area contributed by atoms with Crippen LogP contribution in [0, 0.1) is 0 Å². The van der Waals surface area contributed by atoms with Crippen LogP contribution in [0.1, 0.15) is 24.1 Å². The van der Waals surface area contributed by atoms with Crippen molar-refractivity contribution in [3.05, 3.63) is 71.3 Å². The average Bonchev–Trinajstić information content (AvgIpc) is 3.29. The Morgan fingerprint density at radius 2 is 2.08 bits per heavy atom. The van der Waals surface area contributed by atoms with Crippen molar-refractivity contribution in [3.8, 4) is 16.3 Å². The first-order valence-electron chi connectivity index (χ1n) is 9.29. The second-order valence-corrected chi connectivity index (χ2v) is 7.89. The number of thiazole rings is 1.